The van der Waals surface area contributed by atoms with Gasteiger partial charge in [0, 0.05) is 54.3 Å². The molecule has 7 nitrogen and oxygen atoms in total. The molecular formula is C25H23F3N4O3S. The van der Waals surface area contributed by atoms with Crippen LogP contribution >= 0.6 is 0 Å². The molecule has 2 aliphatic heterocycles. The highest BCUT2D eigenvalue weighted by atomic mass is 32.2. The van der Waals surface area contributed by atoms with Crippen molar-refractivity contribution in [1.29, 1.82) is 0 Å². The molecule has 1 amide bonds. The van der Waals surface area contributed by atoms with E-state index in [4.69, 9.17) is 9.72 Å². The molecule has 0 N–H and O–H groups in total. The molecule has 0 saturated carbocycles. The number of amides is 1. The second-order valence-corrected chi connectivity index (χ2v) is 10.3. The molecule has 0 radical (unpaired) electrons. The fraction of sp³-hybridized carbons (Fsp3) is 0.320. The third kappa shape index (κ3) is 4.67. The van der Waals surface area contributed by atoms with E-state index in [1.165, 1.54) is 17.0 Å². The molecule has 5 rings (SSSR count). The van der Waals surface area contributed by atoms with E-state index in [9.17, 15) is 22.2 Å². The molecule has 2 aliphatic rings. The lowest BCUT2D eigenvalue weighted by atomic mass is 10.1. The van der Waals surface area contributed by atoms with E-state index in [1.807, 2.05) is 17.0 Å². The molecule has 1 aromatic heterocycles. The Morgan fingerprint density at radius 2 is 1.94 bits per heavy atom. The van der Waals surface area contributed by atoms with E-state index < -0.39 is 22.5 Å². The molecule has 0 fully saturated rings. The first-order chi connectivity index (χ1) is 17.1. The number of alkyl halides is 3. The second-order valence-electron chi connectivity index (χ2n) is 8.87. The summed E-state index contributed by atoms with van der Waals surface area (Å²) in [6.07, 6.45) is -3.76. The van der Waals surface area contributed by atoms with Crippen LogP contribution in [0.15, 0.2) is 42.5 Å². The highest BCUT2D eigenvalue weighted by Gasteiger charge is 2.33. The summed E-state index contributed by atoms with van der Waals surface area (Å²) < 4.78 is 58.0. The van der Waals surface area contributed by atoms with Crippen molar-refractivity contribution in [2.45, 2.75) is 24.1 Å². The van der Waals surface area contributed by atoms with Gasteiger partial charge in [0.25, 0.3) is 5.91 Å². The topological polar surface area (TPSA) is 75.6 Å². The van der Waals surface area contributed by atoms with Crippen LogP contribution in [0.5, 0.6) is 5.75 Å². The number of halogens is 3. The van der Waals surface area contributed by atoms with E-state index in [0.717, 1.165) is 35.4 Å². The van der Waals surface area contributed by atoms with Crippen LogP contribution in [-0.2, 0) is 39.7 Å². The van der Waals surface area contributed by atoms with Gasteiger partial charge in [-0.3, -0.25) is 9.00 Å². The molecule has 3 heterocycles. The Hall–Kier alpha value is -3.47. The Morgan fingerprint density at radius 1 is 1.14 bits per heavy atom. The van der Waals surface area contributed by atoms with Crippen molar-refractivity contribution in [2.24, 2.45) is 0 Å². The summed E-state index contributed by atoms with van der Waals surface area (Å²) in [7, 11) is 2.14. The van der Waals surface area contributed by atoms with Gasteiger partial charge in [-0.1, -0.05) is 18.2 Å². The molecule has 0 aliphatic carbocycles. The summed E-state index contributed by atoms with van der Waals surface area (Å²) in [5.41, 5.74) is 2.67. The Bertz CT molecular complexity index is 1380. The van der Waals surface area contributed by atoms with Crippen molar-refractivity contribution in [1.82, 2.24) is 14.9 Å². The molecule has 36 heavy (non-hydrogen) atoms. The number of aromatic nitrogens is 2. The van der Waals surface area contributed by atoms with Crippen LogP contribution in [0.1, 0.15) is 22.4 Å². The Balaban J connectivity index is 1.54. The van der Waals surface area contributed by atoms with Gasteiger partial charge < -0.3 is 14.5 Å². The molecular weight excluding hydrogens is 493 g/mol. The smallest absolute Gasteiger partial charge is 0.416 e. The van der Waals surface area contributed by atoms with Crippen molar-refractivity contribution in [3.05, 3.63) is 64.8 Å². The van der Waals surface area contributed by atoms with Crippen molar-refractivity contribution in [2.75, 3.05) is 32.1 Å². The van der Waals surface area contributed by atoms with E-state index >= 15 is 0 Å². The van der Waals surface area contributed by atoms with Crippen LogP contribution in [0.2, 0.25) is 0 Å². The lowest BCUT2D eigenvalue weighted by molar-refractivity contribution is -0.137. The van der Waals surface area contributed by atoms with Crippen molar-refractivity contribution < 1.29 is 26.9 Å². The van der Waals surface area contributed by atoms with Crippen LogP contribution in [0, 0.1) is 0 Å². The number of hydrogen-bond donors (Lipinski definition) is 0. The lowest BCUT2D eigenvalue weighted by Gasteiger charge is -2.22. The highest BCUT2D eigenvalue weighted by Crippen LogP contribution is 2.41. The summed E-state index contributed by atoms with van der Waals surface area (Å²) in [6.45, 7) is 0.487. The zero-order valence-corrected chi connectivity index (χ0v) is 20.4. The minimum absolute atomic E-state index is 0.104. The summed E-state index contributed by atoms with van der Waals surface area (Å²) in [6, 6.07) is 10.5. The van der Waals surface area contributed by atoms with Crippen molar-refractivity contribution in [3.63, 3.8) is 0 Å². The first-order valence-corrected chi connectivity index (χ1v) is 12.7. The summed E-state index contributed by atoms with van der Waals surface area (Å²) in [4.78, 5) is 24.5. The number of hydrogen-bond acceptors (Lipinski definition) is 6. The summed E-state index contributed by atoms with van der Waals surface area (Å²) >= 11 is 0. The number of ether oxygens (including phenoxy) is 1. The maximum absolute atomic E-state index is 13.3. The van der Waals surface area contributed by atoms with Gasteiger partial charge in [0.05, 0.1) is 22.8 Å². The predicted octanol–water partition coefficient (Wildman–Crippen LogP) is 4.09. The van der Waals surface area contributed by atoms with Crippen LogP contribution in [0.25, 0.3) is 11.4 Å². The molecule has 188 valence electrons. The van der Waals surface area contributed by atoms with Gasteiger partial charge in [-0.25, -0.2) is 9.97 Å². The fourth-order valence-corrected chi connectivity index (χ4v) is 5.54. The van der Waals surface area contributed by atoms with Crippen LogP contribution < -0.4 is 9.64 Å². The van der Waals surface area contributed by atoms with Crippen LogP contribution in [0.3, 0.4) is 0 Å². The van der Waals surface area contributed by atoms with Crippen LogP contribution in [-0.4, -0.2) is 52.2 Å². The fourth-order valence-electron chi connectivity index (χ4n) is 4.28. The number of carbonyl (C=O) groups excluding carboxylic acids is 1. The van der Waals surface area contributed by atoms with Gasteiger partial charge in [-0.15, -0.1) is 0 Å². The van der Waals surface area contributed by atoms with Crippen molar-refractivity contribution in [3.8, 4) is 17.1 Å². The minimum atomic E-state index is -4.49. The summed E-state index contributed by atoms with van der Waals surface area (Å²) in [5.74, 6) is 1.56. The van der Waals surface area contributed by atoms with E-state index in [0.29, 0.717) is 23.8 Å². The Morgan fingerprint density at radius 3 is 2.69 bits per heavy atom. The van der Waals surface area contributed by atoms with Crippen molar-refractivity contribution >= 4 is 28.2 Å². The quantitative estimate of drug-likeness (QED) is 0.509. The monoisotopic (exact) mass is 516 g/mol. The molecule has 0 saturated heterocycles. The maximum Gasteiger partial charge on any atom is 0.416 e. The van der Waals surface area contributed by atoms with E-state index in [2.05, 4.69) is 4.98 Å². The van der Waals surface area contributed by atoms with Crippen LogP contribution in [0.4, 0.5) is 24.7 Å². The van der Waals surface area contributed by atoms with Gasteiger partial charge in [0.2, 0.25) is 0 Å². The number of benzene rings is 2. The Labute approximate surface area is 208 Å². The molecule has 0 spiro atoms. The normalized spacial score (nSPS) is 16.6. The second kappa shape index (κ2) is 9.20. The number of likely N-dealkylation sites (N-methyl/N-ethyl adjacent to an activating group) is 1. The number of anilines is 2. The standard InChI is InChI=1S/C25H23F3N4O3S/c1-31(2)22(33)12-35-18-7-6-15-8-9-32(21(15)11-18)24-19-13-36(34)14-20(19)29-23(30-24)16-4-3-5-17(10-16)25(26,27)28/h3-7,10-11H,8-9,12-14H2,1-2H3. The average Bonchev–Trinajstić information content (AvgIpc) is 3.43. The first-order valence-electron chi connectivity index (χ1n) is 11.3. The molecule has 1 unspecified atom stereocenters. The number of carbonyl (C=O) groups is 1. The van der Waals surface area contributed by atoms with Gasteiger partial charge in [0.15, 0.2) is 12.4 Å². The minimum Gasteiger partial charge on any atom is -0.484 e. The average molecular weight is 517 g/mol. The molecule has 0 bridgehead atoms. The number of nitrogens with zero attached hydrogens (tertiary/aromatic N) is 4. The summed E-state index contributed by atoms with van der Waals surface area (Å²) in [5, 5.41) is 0. The van der Waals surface area contributed by atoms with Gasteiger partial charge in [-0.2, -0.15) is 13.2 Å². The Kier molecular flexibility index (Phi) is 6.19. The first kappa shape index (κ1) is 24.2. The number of fused-ring (bicyclic) bond motifs is 2. The largest absolute Gasteiger partial charge is 0.484 e. The predicted molar refractivity (Wildman–Crippen MR) is 129 cm³/mol. The van der Waals surface area contributed by atoms with Gasteiger partial charge in [0.1, 0.15) is 11.6 Å². The molecule has 1 atom stereocenters. The molecule has 3 aromatic rings. The molecule has 2 aromatic carbocycles. The van der Waals surface area contributed by atoms with Gasteiger partial charge in [-0.05, 0) is 30.2 Å². The SMILES string of the molecule is CN(C)C(=O)COc1ccc2c(c1)N(c1nc(-c3cccc(C(F)(F)F)c3)nc3c1CS(=O)C3)CC2. The third-order valence-corrected chi connectivity index (χ3v) is 7.40. The highest BCUT2D eigenvalue weighted by molar-refractivity contribution is 7.83. The maximum atomic E-state index is 13.3. The number of rotatable bonds is 5. The lowest BCUT2D eigenvalue weighted by Crippen LogP contribution is -2.27. The third-order valence-electron chi connectivity index (χ3n) is 6.19. The molecule has 11 heteroatoms. The van der Waals surface area contributed by atoms with E-state index in [1.54, 1.807) is 20.2 Å². The zero-order valence-electron chi connectivity index (χ0n) is 19.6. The van der Waals surface area contributed by atoms with Gasteiger partial charge >= 0.3 is 6.18 Å². The zero-order chi connectivity index (χ0) is 25.6. The van der Waals surface area contributed by atoms with E-state index in [-0.39, 0.29) is 35.4 Å².